The Labute approximate surface area is 162 Å². The molecule has 0 aliphatic carbocycles. The summed E-state index contributed by atoms with van der Waals surface area (Å²) in [7, 11) is 3.51. The van der Waals surface area contributed by atoms with Crippen molar-refractivity contribution in [3.8, 4) is 0 Å². The van der Waals surface area contributed by atoms with Crippen LogP contribution in [0.15, 0.2) is 27.8 Å². The maximum atomic E-state index is 5.64. The summed E-state index contributed by atoms with van der Waals surface area (Å²) in [6.07, 6.45) is 4.25. The van der Waals surface area contributed by atoms with Gasteiger partial charge in [-0.25, -0.2) is 0 Å². The van der Waals surface area contributed by atoms with E-state index in [1.807, 2.05) is 19.9 Å². The van der Waals surface area contributed by atoms with Crippen molar-refractivity contribution in [3.05, 3.63) is 24.2 Å². The van der Waals surface area contributed by atoms with Gasteiger partial charge in [-0.15, -0.1) is 24.0 Å². The van der Waals surface area contributed by atoms with Crippen LogP contribution in [0.25, 0.3) is 0 Å². The summed E-state index contributed by atoms with van der Waals surface area (Å²) >= 11 is 0. The fourth-order valence-electron chi connectivity index (χ4n) is 2.73. The van der Waals surface area contributed by atoms with E-state index in [9.17, 15) is 0 Å². The average molecular weight is 450 g/mol. The van der Waals surface area contributed by atoms with E-state index >= 15 is 0 Å². The van der Waals surface area contributed by atoms with Crippen LogP contribution in [-0.4, -0.2) is 56.8 Å². The van der Waals surface area contributed by atoms with Gasteiger partial charge in [0.05, 0.1) is 17.9 Å². The summed E-state index contributed by atoms with van der Waals surface area (Å²) in [5.74, 6) is 1.79. The molecule has 1 atom stereocenters. The monoisotopic (exact) mass is 450 g/mol. The van der Waals surface area contributed by atoms with E-state index in [1.165, 1.54) is 12.8 Å². The van der Waals surface area contributed by atoms with Crippen LogP contribution in [0.4, 0.5) is 0 Å². The maximum absolute atomic E-state index is 5.64. The standard InChI is InChI=1S/C17H30N4O2.HI/c1-17(2,22-4)13-20-16(18-3)19-12-14(15-8-7-11-23-15)21-9-5-6-10-21;/h7-8,11,14H,5-6,9-10,12-13H2,1-4H3,(H2,18,19,20);1H. The van der Waals surface area contributed by atoms with Crippen molar-refractivity contribution in [2.75, 3.05) is 40.3 Å². The van der Waals surface area contributed by atoms with Crippen molar-refractivity contribution in [1.29, 1.82) is 0 Å². The van der Waals surface area contributed by atoms with Crippen LogP contribution in [0.3, 0.4) is 0 Å². The van der Waals surface area contributed by atoms with Crippen molar-refractivity contribution < 1.29 is 9.15 Å². The van der Waals surface area contributed by atoms with E-state index in [0.29, 0.717) is 6.54 Å². The molecule has 0 spiro atoms. The number of nitrogens with zero attached hydrogens (tertiary/aromatic N) is 2. The van der Waals surface area contributed by atoms with Gasteiger partial charge in [-0.2, -0.15) is 0 Å². The Balaban J connectivity index is 0.00000288. The summed E-state index contributed by atoms with van der Waals surface area (Å²) < 4.78 is 11.1. The van der Waals surface area contributed by atoms with Crippen molar-refractivity contribution >= 4 is 29.9 Å². The van der Waals surface area contributed by atoms with E-state index in [0.717, 1.165) is 31.4 Å². The van der Waals surface area contributed by atoms with Gasteiger partial charge in [0, 0.05) is 27.2 Å². The van der Waals surface area contributed by atoms with Crippen molar-refractivity contribution in [2.24, 2.45) is 4.99 Å². The van der Waals surface area contributed by atoms with Gasteiger partial charge in [0.15, 0.2) is 5.96 Å². The molecule has 6 nitrogen and oxygen atoms in total. The number of aliphatic imine (C=N–C) groups is 1. The third kappa shape index (κ3) is 6.25. The minimum atomic E-state index is -0.229. The fourth-order valence-corrected chi connectivity index (χ4v) is 2.73. The summed E-state index contributed by atoms with van der Waals surface area (Å²) in [6.45, 7) is 7.79. The first kappa shape index (κ1) is 21.2. The van der Waals surface area contributed by atoms with Crippen LogP contribution >= 0.6 is 24.0 Å². The summed E-state index contributed by atoms with van der Waals surface area (Å²) in [5.41, 5.74) is -0.229. The normalized spacial score (nSPS) is 17.4. The molecule has 2 rings (SSSR count). The molecular formula is C17H31IN4O2. The van der Waals surface area contributed by atoms with Crippen LogP contribution in [0.2, 0.25) is 0 Å². The molecule has 1 aromatic rings. The topological polar surface area (TPSA) is 62.0 Å². The third-order valence-electron chi connectivity index (χ3n) is 4.37. The third-order valence-corrected chi connectivity index (χ3v) is 4.37. The summed E-state index contributed by atoms with van der Waals surface area (Å²) in [5, 5.41) is 6.73. The van der Waals surface area contributed by atoms with Gasteiger partial charge in [-0.3, -0.25) is 9.89 Å². The van der Waals surface area contributed by atoms with Crippen LogP contribution in [0, 0.1) is 0 Å². The quantitative estimate of drug-likeness (QED) is 0.380. The molecule has 2 N–H and O–H groups in total. The lowest BCUT2D eigenvalue weighted by molar-refractivity contribution is 0.0268. The number of hydrogen-bond donors (Lipinski definition) is 2. The Hall–Kier alpha value is -0.800. The number of rotatable bonds is 7. The zero-order valence-electron chi connectivity index (χ0n) is 15.2. The maximum Gasteiger partial charge on any atom is 0.191 e. The predicted molar refractivity (Wildman–Crippen MR) is 108 cm³/mol. The molecule has 24 heavy (non-hydrogen) atoms. The number of guanidine groups is 1. The molecule has 1 aliphatic heterocycles. The zero-order valence-corrected chi connectivity index (χ0v) is 17.5. The number of nitrogens with one attached hydrogen (secondary N) is 2. The second-order valence-electron chi connectivity index (χ2n) is 6.54. The average Bonchev–Trinajstić information content (AvgIpc) is 3.24. The number of ether oxygens (including phenoxy) is 1. The molecule has 0 radical (unpaired) electrons. The smallest absolute Gasteiger partial charge is 0.191 e. The molecule has 0 bridgehead atoms. The molecule has 1 aliphatic rings. The van der Waals surface area contributed by atoms with Gasteiger partial charge >= 0.3 is 0 Å². The number of hydrogen-bond acceptors (Lipinski definition) is 4. The predicted octanol–water partition coefficient (Wildman–Crippen LogP) is 2.62. The van der Waals surface area contributed by atoms with Crippen LogP contribution in [-0.2, 0) is 4.74 Å². The molecule has 138 valence electrons. The summed E-state index contributed by atoms with van der Waals surface area (Å²) in [4.78, 5) is 6.77. The van der Waals surface area contributed by atoms with Gasteiger partial charge in [0.2, 0.25) is 0 Å². The largest absolute Gasteiger partial charge is 0.468 e. The fraction of sp³-hybridized carbons (Fsp3) is 0.706. The Morgan fingerprint density at radius 2 is 2.08 bits per heavy atom. The highest BCUT2D eigenvalue weighted by molar-refractivity contribution is 14.0. The highest BCUT2D eigenvalue weighted by Crippen LogP contribution is 2.24. The molecule has 1 saturated heterocycles. The van der Waals surface area contributed by atoms with E-state index in [-0.39, 0.29) is 35.6 Å². The SMILES string of the molecule is CN=C(NCC(c1ccco1)N1CCCC1)NCC(C)(C)OC.I. The van der Waals surface area contributed by atoms with Gasteiger partial charge in [0.1, 0.15) is 5.76 Å². The van der Waals surface area contributed by atoms with E-state index in [2.05, 4.69) is 26.6 Å². The first-order chi connectivity index (χ1) is 11.1. The second kappa shape index (κ2) is 10.2. The Kier molecular flexibility index (Phi) is 9.07. The minimum Gasteiger partial charge on any atom is -0.468 e. The van der Waals surface area contributed by atoms with Gasteiger partial charge in [0.25, 0.3) is 0 Å². The lowest BCUT2D eigenvalue weighted by Crippen LogP contribution is -2.47. The highest BCUT2D eigenvalue weighted by atomic mass is 127. The Morgan fingerprint density at radius 1 is 1.38 bits per heavy atom. The van der Waals surface area contributed by atoms with E-state index < -0.39 is 0 Å². The molecule has 1 fully saturated rings. The van der Waals surface area contributed by atoms with Gasteiger partial charge in [-0.1, -0.05) is 0 Å². The zero-order chi connectivity index (χ0) is 16.7. The summed E-state index contributed by atoms with van der Waals surface area (Å²) in [6, 6.07) is 4.24. The van der Waals surface area contributed by atoms with Crippen molar-refractivity contribution in [1.82, 2.24) is 15.5 Å². The molecule has 0 saturated carbocycles. The van der Waals surface area contributed by atoms with Crippen LogP contribution in [0.1, 0.15) is 38.5 Å². The number of methoxy groups -OCH3 is 1. The van der Waals surface area contributed by atoms with Crippen LogP contribution in [0.5, 0.6) is 0 Å². The first-order valence-corrected chi connectivity index (χ1v) is 8.33. The first-order valence-electron chi connectivity index (χ1n) is 8.33. The molecule has 1 unspecified atom stereocenters. The van der Waals surface area contributed by atoms with Crippen molar-refractivity contribution in [3.63, 3.8) is 0 Å². The van der Waals surface area contributed by atoms with Crippen molar-refractivity contribution in [2.45, 2.75) is 38.3 Å². The Morgan fingerprint density at radius 3 is 2.62 bits per heavy atom. The number of likely N-dealkylation sites (tertiary alicyclic amines) is 1. The molecule has 1 aromatic heterocycles. The van der Waals surface area contributed by atoms with Crippen LogP contribution < -0.4 is 10.6 Å². The number of halogens is 1. The molecule has 0 aromatic carbocycles. The van der Waals surface area contributed by atoms with E-state index in [4.69, 9.17) is 9.15 Å². The Bertz CT molecular complexity index is 485. The minimum absolute atomic E-state index is 0. The lowest BCUT2D eigenvalue weighted by atomic mass is 10.1. The van der Waals surface area contributed by atoms with E-state index in [1.54, 1.807) is 20.4 Å². The second-order valence-corrected chi connectivity index (χ2v) is 6.54. The number of furan rings is 1. The lowest BCUT2D eigenvalue weighted by Gasteiger charge is -2.28. The highest BCUT2D eigenvalue weighted by Gasteiger charge is 2.26. The molecule has 0 amide bonds. The van der Waals surface area contributed by atoms with Gasteiger partial charge in [-0.05, 0) is 51.9 Å². The molecule has 7 heteroatoms. The molecular weight excluding hydrogens is 419 g/mol. The molecule has 2 heterocycles. The van der Waals surface area contributed by atoms with Gasteiger partial charge < -0.3 is 19.8 Å².